The molecule has 3 heterocycles. The molecule has 1 aliphatic rings. The number of ketones is 1. The van der Waals surface area contributed by atoms with Gasteiger partial charge in [0.05, 0.1) is 10.8 Å². The van der Waals surface area contributed by atoms with Gasteiger partial charge in [0.25, 0.3) is 5.56 Å². The lowest BCUT2D eigenvalue weighted by Crippen LogP contribution is -2.29. The molecule has 26 heavy (non-hydrogen) atoms. The minimum atomic E-state index is -0.280. The van der Waals surface area contributed by atoms with E-state index in [-0.39, 0.29) is 17.1 Å². The summed E-state index contributed by atoms with van der Waals surface area (Å²) < 4.78 is 18.7. The zero-order valence-electron chi connectivity index (χ0n) is 13.9. The monoisotopic (exact) mass is 369 g/mol. The molecule has 0 aliphatic carbocycles. The molecule has 3 aromatic rings. The molecule has 0 fully saturated rings. The van der Waals surface area contributed by atoms with Crippen LogP contribution in [0.4, 0.5) is 0 Å². The minimum Gasteiger partial charge on any atom is -0.486 e. The Hall–Kier alpha value is -3.06. The molecular weight excluding hydrogens is 354 g/mol. The Kier molecular flexibility index (Phi) is 4.22. The maximum absolute atomic E-state index is 12.5. The number of carbonyl (C=O) groups excluding carboxylic acids is 1. The number of furan rings is 1. The first-order valence-corrected chi connectivity index (χ1v) is 8.80. The Morgan fingerprint density at radius 2 is 2.00 bits per heavy atom. The van der Waals surface area contributed by atoms with Crippen LogP contribution in [0.25, 0.3) is 12.2 Å². The van der Waals surface area contributed by atoms with Gasteiger partial charge in [-0.2, -0.15) is 0 Å². The molecule has 0 amide bonds. The van der Waals surface area contributed by atoms with Crippen LogP contribution in [0.3, 0.4) is 0 Å². The van der Waals surface area contributed by atoms with E-state index in [9.17, 15) is 9.59 Å². The molecule has 0 spiro atoms. The number of Topliss-reactive ketones (excluding diaryl/α,β-unsaturated/α-hetero) is 1. The van der Waals surface area contributed by atoms with E-state index in [0.717, 1.165) is 5.56 Å². The molecule has 2 aromatic heterocycles. The average Bonchev–Trinajstić information content (AvgIpc) is 3.27. The van der Waals surface area contributed by atoms with Crippen LogP contribution < -0.4 is 24.2 Å². The average molecular weight is 369 g/mol. The van der Waals surface area contributed by atoms with Crippen molar-refractivity contribution in [1.82, 2.24) is 4.57 Å². The largest absolute Gasteiger partial charge is 0.486 e. The van der Waals surface area contributed by atoms with E-state index >= 15 is 0 Å². The van der Waals surface area contributed by atoms with E-state index in [0.29, 0.717) is 33.9 Å². The topological polar surface area (TPSA) is 70.7 Å². The fourth-order valence-electron chi connectivity index (χ4n) is 2.61. The fourth-order valence-corrected chi connectivity index (χ4v) is 3.64. The van der Waals surface area contributed by atoms with Crippen molar-refractivity contribution in [2.45, 2.75) is 0 Å². The molecule has 0 atom stereocenters. The van der Waals surface area contributed by atoms with Crippen molar-refractivity contribution in [3.05, 3.63) is 67.5 Å². The van der Waals surface area contributed by atoms with E-state index < -0.39 is 0 Å². The molecule has 0 N–H and O–H groups in total. The number of hydrogen-bond acceptors (Lipinski definition) is 6. The first-order valence-electron chi connectivity index (χ1n) is 7.98. The summed E-state index contributed by atoms with van der Waals surface area (Å²) in [5.74, 6) is 1.32. The van der Waals surface area contributed by atoms with Crippen molar-refractivity contribution in [2.75, 3.05) is 13.2 Å². The lowest BCUT2D eigenvalue weighted by molar-refractivity contribution is 0.103. The van der Waals surface area contributed by atoms with Crippen LogP contribution in [0.5, 0.6) is 11.5 Å². The highest BCUT2D eigenvalue weighted by Crippen LogP contribution is 2.30. The number of benzene rings is 1. The molecule has 0 radical (unpaired) electrons. The predicted molar refractivity (Wildman–Crippen MR) is 97.3 cm³/mol. The highest BCUT2D eigenvalue weighted by Gasteiger charge is 2.11. The summed E-state index contributed by atoms with van der Waals surface area (Å²) in [4.78, 5) is 24.7. The predicted octanol–water partition coefficient (Wildman–Crippen LogP) is 1.30. The summed E-state index contributed by atoms with van der Waals surface area (Å²) in [5, 5.41) is 0. The van der Waals surface area contributed by atoms with Gasteiger partial charge >= 0.3 is 0 Å². The first-order chi connectivity index (χ1) is 12.6. The van der Waals surface area contributed by atoms with Crippen molar-refractivity contribution < 1.29 is 18.7 Å². The first kappa shape index (κ1) is 16.4. The van der Waals surface area contributed by atoms with Crippen molar-refractivity contribution in [3.63, 3.8) is 0 Å². The third-order valence-corrected chi connectivity index (χ3v) is 5.06. The Bertz CT molecular complexity index is 1140. The van der Waals surface area contributed by atoms with Crippen molar-refractivity contribution in [2.24, 2.45) is 7.05 Å². The van der Waals surface area contributed by atoms with Crippen LogP contribution in [0.15, 0.2) is 45.8 Å². The Balaban J connectivity index is 1.75. The van der Waals surface area contributed by atoms with Crippen LogP contribution >= 0.6 is 11.3 Å². The number of aromatic nitrogens is 1. The van der Waals surface area contributed by atoms with Crippen molar-refractivity contribution >= 4 is 29.3 Å². The molecule has 0 bridgehead atoms. The molecule has 6 nitrogen and oxygen atoms in total. The third-order valence-electron chi connectivity index (χ3n) is 3.94. The molecule has 1 aromatic carbocycles. The molecule has 4 rings (SSSR count). The zero-order chi connectivity index (χ0) is 18.1. The maximum atomic E-state index is 12.5. The van der Waals surface area contributed by atoms with Gasteiger partial charge in [0.1, 0.15) is 17.9 Å². The quantitative estimate of drug-likeness (QED) is 0.651. The second-order valence-electron chi connectivity index (χ2n) is 5.70. The summed E-state index contributed by atoms with van der Waals surface area (Å²) in [6.45, 7) is 1.04. The summed E-state index contributed by atoms with van der Waals surface area (Å²) in [6.07, 6.45) is 4.63. The number of fused-ring (bicyclic) bond motifs is 1. The lowest BCUT2D eigenvalue weighted by Gasteiger charge is -2.18. The van der Waals surface area contributed by atoms with Gasteiger partial charge < -0.3 is 18.5 Å². The normalized spacial score (nSPS) is 14.7. The van der Waals surface area contributed by atoms with Gasteiger partial charge in [-0.25, -0.2) is 0 Å². The van der Waals surface area contributed by atoms with Gasteiger partial charge in [-0.1, -0.05) is 6.07 Å². The van der Waals surface area contributed by atoms with E-state index in [1.807, 2.05) is 18.2 Å². The van der Waals surface area contributed by atoms with Gasteiger partial charge in [-0.05, 0) is 35.9 Å². The third kappa shape index (κ3) is 3.09. The molecule has 0 saturated carbocycles. The van der Waals surface area contributed by atoms with Gasteiger partial charge in [-0.15, -0.1) is 11.3 Å². The minimum absolute atomic E-state index is 0.164. The van der Waals surface area contributed by atoms with E-state index in [2.05, 4.69) is 0 Å². The lowest BCUT2D eigenvalue weighted by atomic mass is 10.2. The van der Waals surface area contributed by atoms with Crippen LogP contribution in [0.2, 0.25) is 0 Å². The van der Waals surface area contributed by atoms with Gasteiger partial charge in [0.2, 0.25) is 5.78 Å². The fraction of sp³-hybridized carbons (Fsp3) is 0.158. The van der Waals surface area contributed by atoms with Crippen LogP contribution in [-0.4, -0.2) is 23.6 Å². The molecule has 132 valence electrons. The smallest absolute Gasteiger partial charge is 0.268 e. The zero-order valence-corrected chi connectivity index (χ0v) is 14.7. The van der Waals surface area contributed by atoms with Crippen LogP contribution in [0.1, 0.15) is 16.1 Å². The number of thiazole rings is 1. The Labute approximate surface area is 152 Å². The van der Waals surface area contributed by atoms with Crippen molar-refractivity contribution in [3.8, 4) is 11.5 Å². The van der Waals surface area contributed by atoms with Crippen LogP contribution in [-0.2, 0) is 7.05 Å². The molecule has 1 aliphatic heterocycles. The maximum Gasteiger partial charge on any atom is 0.268 e. The van der Waals surface area contributed by atoms with Gasteiger partial charge in [0.15, 0.2) is 17.3 Å². The SMILES string of the molecule is Cn1c(=CC(=O)c2ccco2)sc(=Cc2ccc3c(c2)OCCO3)c1=O. The number of nitrogens with zero attached hydrogens (tertiary/aromatic N) is 1. The number of rotatable bonds is 3. The highest BCUT2D eigenvalue weighted by atomic mass is 32.1. The standard InChI is InChI=1S/C19H15NO5S/c1-20-18(11-13(21)14-3-2-6-23-14)26-17(19(20)22)10-12-4-5-15-16(9-12)25-8-7-24-15/h2-6,9-11H,7-8H2,1H3. The van der Waals surface area contributed by atoms with E-state index in [1.165, 1.54) is 28.2 Å². The van der Waals surface area contributed by atoms with Crippen molar-refractivity contribution in [1.29, 1.82) is 0 Å². The highest BCUT2D eigenvalue weighted by molar-refractivity contribution is 7.07. The second kappa shape index (κ2) is 6.68. The Morgan fingerprint density at radius 3 is 2.77 bits per heavy atom. The molecule has 0 unspecified atom stereocenters. The van der Waals surface area contributed by atoms with Gasteiger partial charge in [-0.3, -0.25) is 9.59 Å². The van der Waals surface area contributed by atoms with E-state index in [1.54, 1.807) is 25.3 Å². The number of ether oxygens (including phenoxy) is 2. The van der Waals surface area contributed by atoms with Gasteiger partial charge in [0, 0.05) is 13.1 Å². The molecular formula is C19H15NO5S. The summed E-state index contributed by atoms with van der Waals surface area (Å²) >= 11 is 1.25. The summed E-state index contributed by atoms with van der Waals surface area (Å²) in [6, 6.07) is 8.77. The number of carbonyl (C=O) groups is 1. The summed E-state index contributed by atoms with van der Waals surface area (Å²) in [5.41, 5.74) is 0.667. The Morgan fingerprint density at radius 1 is 1.19 bits per heavy atom. The van der Waals surface area contributed by atoms with Crippen LogP contribution in [0, 0.1) is 0 Å². The molecule has 7 heteroatoms. The molecule has 0 saturated heterocycles. The number of hydrogen-bond donors (Lipinski definition) is 0. The van der Waals surface area contributed by atoms with E-state index in [4.69, 9.17) is 13.9 Å². The second-order valence-corrected chi connectivity index (χ2v) is 6.76. The summed E-state index contributed by atoms with van der Waals surface area (Å²) in [7, 11) is 1.64.